The van der Waals surface area contributed by atoms with Gasteiger partial charge in [0.05, 0.1) is 11.4 Å². The Balaban J connectivity index is 1.62. The van der Waals surface area contributed by atoms with Gasteiger partial charge >= 0.3 is 0 Å². The number of rotatable bonds is 12. The highest BCUT2D eigenvalue weighted by Crippen LogP contribution is 2.30. The highest BCUT2D eigenvalue weighted by Gasteiger charge is 2.26. The summed E-state index contributed by atoms with van der Waals surface area (Å²) in [5.74, 6) is 0.753. The zero-order chi connectivity index (χ0) is 25.3. The van der Waals surface area contributed by atoms with Gasteiger partial charge in [0, 0.05) is 0 Å². The van der Waals surface area contributed by atoms with E-state index in [1.165, 1.54) is 18.2 Å². The molecule has 7 heteroatoms. The fraction of sp³-hybridized carbons (Fsp3) is 0.286. The van der Waals surface area contributed by atoms with Gasteiger partial charge in [-0.2, -0.15) is 8.42 Å². The maximum Gasteiger partial charge on any atom is 0.268 e. The molecule has 0 bridgehead atoms. The minimum absolute atomic E-state index is 0.0690. The number of phenols is 1. The average Bonchev–Trinajstić information content (AvgIpc) is 2.85. The molecular formula is C28H32O6S. The Morgan fingerprint density at radius 2 is 1.54 bits per heavy atom. The minimum atomic E-state index is -4.28. The molecule has 0 spiro atoms. The van der Waals surface area contributed by atoms with Crippen LogP contribution in [-0.2, 0) is 16.7 Å². The SMILES string of the molecule is CCC(CC(CC=CC(O)c1ccc(O)cc1)S(=O)(=O)O)c1ccc(OCc2ccccc2)cc1. The van der Waals surface area contributed by atoms with Crippen LogP contribution in [0.25, 0.3) is 0 Å². The molecule has 0 aliphatic carbocycles. The van der Waals surface area contributed by atoms with Crippen LogP contribution in [0.1, 0.15) is 54.9 Å². The predicted molar refractivity (Wildman–Crippen MR) is 137 cm³/mol. The zero-order valence-corrected chi connectivity index (χ0v) is 20.5. The van der Waals surface area contributed by atoms with Crippen molar-refractivity contribution in [1.82, 2.24) is 0 Å². The number of aliphatic hydroxyl groups excluding tert-OH is 1. The molecule has 3 rings (SSSR count). The van der Waals surface area contributed by atoms with Gasteiger partial charge in [-0.1, -0.05) is 73.7 Å². The average molecular weight is 497 g/mol. The molecule has 35 heavy (non-hydrogen) atoms. The molecule has 0 radical (unpaired) electrons. The van der Waals surface area contributed by atoms with E-state index in [4.69, 9.17) is 4.74 Å². The van der Waals surface area contributed by atoms with Crippen molar-refractivity contribution in [3.05, 3.63) is 108 Å². The van der Waals surface area contributed by atoms with Crippen molar-refractivity contribution in [3.8, 4) is 11.5 Å². The number of benzene rings is 3. The number of aromatic hydroxyl groups is 1. The van der Waals surface area contributed by atoms with Gasteiger partial charge in [0.1, 0.15) is 18.1 Å². The number of hydrogen-bond acceptors (Lipinski definition) is 5. The summed E-state index contributed by atoms with van der Waals surface area (Å²) < 4.78 is 39.8. The molecule has 0 aliphatic rings. The van der Waals surface area contributed by atoms with E-state index in [1.54, 1.807) is 18.2 Å². The lowest BCUT2D eigenvalue weighted by Gasteiger charge is -2.21. The van der Waals surface area contributed by atoms with Crippen LogP contribution in [0.3, 0.4) is 0 Å². The normalized spacial score (nSPS) is 14.5. The molecule has 0 amide bonds. The molecular weight excluding hydrogens is 464 g/mol. The van der Waals surface area contributed by atoms with Crippen molar-refractivity contribution in [2.24, 2.45) is 0 Å². The molecule has 0 fully saturated rings. The van der Waals surface area contributed by atoms with E-state index in [2.05, 4.69) is 0 Å². The Morgan fingerprint density at radius 1 is 0.914 bits per heavy atom. The smallest absolute Gasteiger partial charge is 0.268 e. The minimum Gasteiger partial charge on any atom is -0.508 e. The summed E-state index contributed by atoms with van der Waals surface area (Å²) >= 11 is 0. The van der Waals surface area contributed by atoms with E-state index in [0.717, 1.165) is 16.9 Å². The van der Waals surface area contributed by atoms with Crippen molar-refractivity contribution < 1.29 is 27.9 Å². The molecule has 3 aromatic carbocycles. The van der Waals surface area contributed by atoms with Gasteiger partial charge < -0.3 is 14.9 Å². The molecule has 3 atom stereocenters. The highest BCUT2D eigenvalue weighted by atomic mass is 32.2. The van der Waals surface area contributed by atoms with Gasteiger partial charge in [-0.3, -0.25) is 4.55 Å². The van der Waals surface area contributed by atoms with Gasteiger partial charge in [-0.25, -0.2) is 0 Å². The van der Waals surface area contributed by atoms with Gasteiger partial charge in [-0.05, 0) is 66.1 Å². The topological polar surface area (TPSA) is 104 Å². The lowest BCUT2D eigenvalue weighted by Crippen LogP contribution is -2.22. The number of hydrogen-bond donors (Lipinski definition) is 3. The molecule has 0 saturated heterocycles. The van der Waals surface area contributed by atoms with Crippen LogP contribution in [-0.4, -0.2) is 28.4 Å². The van der Waals surface area contributed by atoms with Crippen molar-refractivity contribution >= 4 is 10.1 Å². The second-order valence-electron chi connectivity index (χ2n) is 8.52. The Hall–Kier alpha value is -3.13. The second-order valence-corrected chi connectivity index (χ2v) is 10.2. The van der Waals surface area contributed by atoms with Crippen LogP contribution in [0.4, 0.5) is 0 Å². The number of aliphatic hydroxyl groups is 1. The van der Waals surface area contributed by atoms with Crippen molar-refractivity contribution in [1.29, 1.82) is 0 Å². The quantitative estimate of drug-likeness (QED) is 0.217. The third-order valence-corrected chi connectivity index (χ3v) is 7.24. The van der Waals surface area contributed by atoms with E-state index in [-0.39, 0.29) is 24.5 Å². The molecule has 3 aromatic rings. The maximum atomic E-state index is 12.1. The summed E-state index contributed by atoms with van der Waals surface area (Å²) in [4.78, 5) is 0. The van der Waals surface area contributed by atoms with Crippen molar-refractivity contribution in [2.45, 2.75) is 50.1 Å². The molecule has 6 nitrogen and oxygen atoms in total. The first-order chi connectivity index (χ1) is 16.8. The van der Waals surface area contributed by atoms with Crippen LogP contribution >= 0.6 is 0 Å². The summed E-state index contributed by atoms with van der Waals surface area (Å²) in [7, 11) is -4.28. The number of allylic oxidation sites excluding steroid dienone is 1. The van der Waals surface area contributed by atoms with Crippen LogP contribution < -0.4 is 4.74 Å². The lowest BCUT2D eigenvalue weighted by atomic mass is 9.91. The van der Waals surface area contributed by atoms with E-state index >= 15 is 0 Å². The monoisotopic (exact) mass is 496 g/mol. The number of ether oxygens (including phenoxy) is 1. The first kappa shape index (κ1) is 26.5. The van der Waals surface area contributed by atoms with Gasteiger partial charge in [0.25, 0.3) is 10.1 Å². The van der Waals surface area contributed by atoms with E-state index in [9.17, 15) is 23.2 Å². The van der Waals surface area contributed by atoms with E-state index < -0.39 is 21.5 Å². The Morgan fingerprint density at radius 3 is 2.14 bits per heavy atom. The summed E-state index contributed by atoms with van der Waals surface area (Å²) in [5.41, 5.74) is 2.62. The molecule has 3 N–H and O–H groups in total. The Labute approximate surface area is 207 Å². The molecule has 0 saturated carbocycles. The first-order valence-corrected chi connectivity index (χ1v) is 13.1. The molecule has 186 valence electrons. The summed E-state index contributed by atoms with van der Waals surface area (Å²) in [6.07, 6.45) is 3.15. The van der Waals surface area contributed by atoms with E-state index in [0.29, 0.717) is 18.6 Å². The molecule has 3 unspecified atom stereocenters. The fourth-order valence-electron chi connectivity index (χ4n) is 3.91. The van der Waals surface area contributed by atoms with Crippen LogP contribution in [0, 0.1) is 0 Å². The Kier molecular flexibility index (Phi) is 9.48. The van der Waals surface area contributed by atoms with Gasteiger partial charge in [0.2, 0.25) is 0 Å². The van der Waals surface area contributed by atoms with Crippen molar-refractivity contribution in [3.63, 3.8) is 0 Å². The summed E-state index contributed by atoms with van der Waals surface area (Å²) in [6, 6.07) is 23.6. The standard InChI is InChI=1S/C28H32O6S/c1-2-22(23-13-17-26(18-14-23)34-20-21-7-4-3-5-8-21)19-27(35(31,32)33)9-6-10-28(30)24-11-15-25(29)16-12-24/h3-8,10-18,22,27-30H,2,9,19-20H2,1H3,(H,31,32,33). The first-order valence-electron chi connectivity index (χ1n) is 11.6. The maximum absolute atomic E-state index is 12.1. The molecule has 0 aromatic heterocycles. The van der Waals surface area contributed by atoms with Crippen LogP contribution in [0.15, 0.2) is 91.0 Å². The summed E-state index contributed by atoms with van der Waals surface area (Å²) in [6.45, 7) is 2.44. The van der Waals surface area contributed by atoms with Crippen LogP contribution in [0.2, 0.25) is 0 Å². The summed E-state index contributed by atoms with van der Waals surface area (Å²) in [5, 5.41) is 18.7. The fourth-order valence-corrected chi connectivity index (χ4v) is 4.74. The lowest BCUT2D eigenvalue weighted by molar-refractivity contribution is 0.228. The molecule has 0 aliphatic heterocycles. The second kappa shape index (κ2) is 12.5. The van der Waals surface area contributed by atoms with Crippen molar-refractivity contribution in [2.75, 3.05) is 0 Å². The number of phenolic OH excluding ortho intramolecular Hbond substituents is 1. The molecule has 0 heterocycles. The Bertz CT molecular complexity index is 1170. The zero-order valence-electron chi connectivity index (χ0n) is 19.7. The third kappa shape index (κ3) is 8.24. The van der Waals surface area contributed by atoms with E-state index in [1.807, 2.05) is 61.5 Å². The predicted octanol–water partition coefficient (Wildman–Crippen LogP) is 5.79. The third-order valence-electron chi connectivity index (χ3n) is 6.01. The van der Waals surface area contributed by atoms with Gasteiger partial charge in [-0.15, -0.1) is 0 Å². The largest absolute Gasteiger partial charge is 0.508 e. The van der Waals surface area contributed by atoms with Gasteiger partial charge in [0.15, 0.2) is 0 Å². The van der Waals surface area contributed by atoms with Crippen LogP contribution in [0.5, 0.6) is 11.5 Å². The highest BCUT2D eigenvalue weighted by molar-refractivity contribution is 7.86.